The lowest BCUT2D eigenvalue weighted by molar-refractivity contribution is 0.468. The second-order valence-corrected chi connectivity index (χ2v) is 6.80. The number of nitrogens with zero attached hydrogens (tertiary/aromatic N) is 3. The van der Waals surface area contributed by atoms with Crippen molar-refractivity contribution in [1.82, 2.24) is 4.90 Å². The summed E-state index contributed by atoms with van der Waals surface area (Å²) in [7, 11) is 0. The smallest absolute Gasteiger partial charge is 0.170 e. The quantitative estimate of drug-likeness (QED) is 0.623. The number of halogens is 2. The van der Waals surface area contributed by atoms with E-state index in [-0.39, 0.29) is 12.4 Å². The molecule has 0 unspecified atom stereocenters. The SMILES string of the molecule is Cl.Clc1cccc2c1Oc1ccccc1N2C1=CCCN1C1=NCCC1. The normalized spacial score (nSPS) is 17.7. The molecule has 0 bridgehead atoms. The first-order chi connectivity index (χ1) is 12.3. The Morgan fingerprint density at radius 1 is 1.04 bits per heavy atom. The van der Waals surface area contributed by atoms with Crippen LogP contribution in [0.15, 0.2) is 59.4 Å². The highest BCUT2D eigenvalue weighted by atomic mass is 35.5. The fourth-order valence-corrected chi connectivity index (χ4v) is 3.96. The highest BCUT2D eigenvalue weighted by Crippen LogP contribution is 2.51. The molecule has 6 heteroatoms. The first kappa shape index (κ1) is 17.3. The highest BCUT2D eigenvalue weighted by molar-refractivity contribution is 6.32. The molecule has 0 saturated carbocycles. The molecule has 0 saturated heterocycles. The maximum Gasteiger partial charge on any atom is 0.170 e. The highest BCUT2D eigenvalue weighted by Gasteiger charge is 2.33. The third-order valence-electron chi connectivity index (χ3n) is 4.85. The van der Waals surface area contributed by atoms with E-state index in [0.29, 0.717) is 10.8 Å². The van der Waals surface area contributed by atoms with Crippen molar-refractivity contribution < 1.29 is 4.74 Å². The van der Waals surface area contributed by atoms with Crippen LogP contribution in [0, 0.1) is 0 Å². The van der Waals surface area contributed by atoms with Crippen LogP contribution in [0.3, 0.4) is 0 Å². The van der Waals surface area contributed by atoms with E-state index in [1.165, 1.54) is 5.84 Å². The Bertz CT molecular complexity index is 910. The number of fused-ring (bicyclic) bond motifs is 2. The van der Waals surface area contributed by atoms with Crippen molar-refractivity contribution in [3.8, 4) is 11.5 Å². The van der Waals surface area contributed by atoms with Gasteiger partial charge in [-0.15, -0.1) is 12.4 Å². The van der Waals surface area contributed by atoms with E-state index in [0.717, 1.165) is 55.3 Å². The van der Waals surface area contributed by atoms with E-state index in [1.807, 2.05) is 30.3 Å². The summed E-state index contributed by atoms with van der Waals surface area (Å²) in [6.07, 6.45) is 5.49. The first-order valence-electron chi connectivity index (χ1n) is 8.69. The molecule has 0 spiro atoms. The van der Waals surface area contributed by atoms with Gasteiger partial charge in [-0.25, -0.2) is 0 Å². The first-order valence-corrected chi connectivity index (χ1v) is 9.07. The lowest BCUT2D eigenvalue weighted by atomic mass is 10.1. The lowest BCUT2D eigenvalue weighted by Gasteiger charge is -2.37. The van der Waals surface area contributed by atoms with Crippen LogP contribution in [-0.4, -0.2) is 23.8 Å². The third kappa shape index (κ3) is 2.65. The van der Waals surface area contributed by atoms with Gasteiger partial charge in [0.2, 0.25) is 0 Å². The molecule has 26 heavy (non-hydrogen) atoms. The molecule has 5 rings (SSSR count). The molecule has 4 nitrogen and oxygen atoms in total. The van der Waals surface area contributed by atoms with E-state index < -0.39 is 0 Å². The number of benzene rings is 2. The molecule has 0 atom stereocenters. The van der Waals surface area contributed by atoms with E-state index in [9.17, 15) is 0 Å². The van der Waals surface area contributed by atoms with Gasteiger partial charge in [0.15, 0.2) is 11.5 Å². The summed E-state index contributed by atoms with van der Waals surface area (Å²) in [6.45, 7) is 1.91. The molecule has 0 aromatic heterocycles. The zero-order valence-corrected chi connectivity index (χ0v) is 15.8. The molecule has 3 aliphatic rings. The lowest BCUT2D eigenvalue weighted by Crippen LogP contribution is -2.35. The Hall–Kier alpha value is -2.17. The second-order valence-electron chi connectivity index (χ2n) is 6.40. The number of amidine groups is 1. The van der Waals surface area contributed by atoms with Crippen LogP contribution in [0.1, 0.15) is 19.3 Å². The number of aliphatic imine (C=N–C) groups is 1. The van der Waals surface area contributed by atoms with Gasteiger partial charge >= 0.3 is 0 Å². The van der Waals surface area contributed by atoms with Crippen LogP contribution in [0.5, 0.6) is 11.5 Å². The van der Waals surface area contributed by atoms with Gasteiger partial charge in [0.05, 0.1) is 16.4 Å². The van der Waals surface area contributed by atoms with Crippen molar-refractivity contribution in [2.75, 3.05) is 18.0 Å². The summed E-state index contributed by atoms with van der Waals surface area (Å²) < 4.78 is 6.11. The summed E-state index contributed by atoms with van der Waals surface area (Å²) in [5.41, 5.74) is 2.01. The van der Waals surface area contributed by atoms with Gasteiger partial charge in [-0.05, 0) is 43.2 Å². The molecular formula is C20H19Cl2N3O. The third-order valence-corrected chi connectivity index (χ3v) is 5.15. The standard InChI is InChI=1S/C20H18ClN3O.ClH/c21-14-6-3-8-16-20(14)25-17-9-2-1-7-15(17)24(16)19-11-5-13-23(19)18-10-4-12-22-18;/h1-3,6-9,11H,4-5,10,12-13H2;1H. The Labute approximate surface area is 164 Å². The zero-order valence-electron chi connectivity index (χ0n) is 14.2. The van der Waals surface area contributed by atoms with Crippen LogP contribution in [0.4, 0.5) is 11.4 Å². The number of para-hydroxylation sites is 3. The number of rotatable bonds is 1. The van der Waals surface area contributed by atoms with Gasteiger partial charge in [0, 0.05) is 19.5 Å². The van der Waals surface area contributed by atoms with E-state index in [4.69, 9.17) is 21.3 Å². The van der Waals surface area contributed by atoms with Crippen molar-refractivity contribution in [3.05, 3.63) is 59.4 Å². The molecule has 0 amide bonds. The fourth-order valence-electron chi connectivity index (χ4n) is 3.75. The molecule has 3 heterocycles. The van der Waals surface area contributed by atoms with Gasteiger partial charge in [-0.1, -0.05) is 29.8 Å². The Kier molecular flexibility index (Phi) is 4.55. The predicted octanol–water partition coefficient (Wildman–Crippen LogP) is 5.75. The van der Waals surface area contributed by atoms with Crippen molar-refractivity contribution in [3.63, 3.8) is 0 Å². The van der Waals surface area contributed by atoms with Crippen LogP contribution in [0.25, 0.3) is 0 Å². The van der Waals surface area contributed by atoms with E-state index in [2.05, 4.69) is 28.0 Å². The molecular weight excluding hydrogens is 369 g/mol. The predicted molar refractivity (Wildman–Crippen MR) is 108 cm³/mol. The number of hydrogen-bond acceptors (Lipinski definition) is 4. The molecule has 2 aromatic carbocycles. The Balaban J connectivity index is 0.00000168. The summed E-state index contributed by atoms with van der Waals surface area (Å²) in [5.74, 6) is 3.88. The van der Waals surface area contributed by atoms with Crippen LogP contribution >= 0.6 is 24.0 Å². The molecule has 0 radical (unpaired) electrons. The minimum absolute atomic E-state index is 0. The topological polar surface area (TPSA) is 28.1 Å². The second kappa shape index (κ2) is 6.86. The minimum atomic E-state index is 0. The summed E-state index contributed by atoms with van der Waals surface area (Å²) in [6, 6.07) is 14.0. The summed E-state index contributed by atoms with van der Waals surface area (Å²) >= 11 is 6.44. The maximum absolute atomic E-state index is 6.44. The van der Waals surface area contributed by atoms with Gasteiger partial charge < -0.3 is 9.64 Å². The summed E-state index contributed by atoms with van der Waals surface area (Å²) in [5, 5.41) is 0.625. The Morgan fingerprint density at radius 3 is 2.73 bits per heavy atom. The van der Waals surface area contributed by atoms with Crippen molar-refractivity contribution in [2.45, 2.75) is 19.3 Å². The minimum Gasteiger partial charge on any atom is -0.451 e. The van der Waals surface area contributed by atoms with Crippen LogP contribution in [-0.2, 0) is 0 Å². The fraction of sp³-hybridized carbons (Fsp3) is 0.250. The van der Waals surface area contributed by atoms with E-state index in [1.54, 1.807) is 0 Å². The average molecular weight is 388 g/mol. The van der Waals surface area contributed by atoms with Crippen molar-refractivity contribution in [1.29, 1.82) is 0 Å². The van der Waals surface area contributed by atoms with Crippen molar-refractivity contribution in [2.24, 2.45) is 4.99 Å². The number of hydrogen-bond donors (Lipinski definition) is 0. The molecule has 0 N–H and O–H groups in total. The molecule has 0 aliphatic carbocycles. The van der Waals surface area contributed by atoms with Gasteiger partial charge in [0.1, 0.15) is 11.7 Å². The molecule has 2 aromatic rings. The van der Waals surface area contributed by atoms with Crippen molar-refractivity contribution >= 4 is 41.2 Å². The van der Waals surface area contributed by atoms with Gasteiger partial charge in [-0.2, -0.15) is 0 Å². The van der Waals surface area contributed by atoms with E-state index >= 15 is 0 Å². The zero-order chi connectivity index (χ0) is 16.8. The molecule has 0 fully saturated rings. The Morgan fingerprint density at radius 2 is 1.88 bits per heavy atom. The van der Waals surface area contributed by atoms with Gasteiger partial charge in [-0.3, -0.25) is 9.89 Å². The number of anilines is 2. The monoisotopic (exact) mass is 387 g/mol. The average Bonchev–Trinajstić information content (AvgIpc) is 3.31. The van der Waals surface area contributed by atoms with Gasteiger partial charge in [0.25, 0.3) is 0 Å². The molecule has 3 aliphatic heterocycles. The molecule has 134 valence electrons. The largest absolute Gasteiger partial charge is 0.451 e. The maximum atomic E-state index is 6.44. The van der Waals surface area contributed by atoms with Crippen LogP contribution in [0.2, 0.25) is 5.02 Å². The summed E-state index contributed by atoms with van der Waals surface area (Å²) in [4.78, 5) is 9.31. The van der Waals surface area contributed by atoms with Crippen LogP contribution < -0.4 is 9.64 Å². The number of ether oxygens (including phenoxy) is 1.